The summed E-state index contributed by atoms with van der Waals surface area (Å²) < 4.78 is 1.07. The maximum absolute atomic E-state index is 9.40. The molecule has 2 nitrogen and oxygen atoms in total. The van der Waals surface area contributed by atoms with Crippen molar-refractivity contribution in [2.45, 2.75) is 19.4 Å². The monoisotopic (exact) mass is 271 g/mol. The lowest BCUT2D eigenvalue weighted by atomic mass is 9.96. The van der Waals surface area contributed by atoms with E-state index in [-0.39, 0.29) is 30.1 Å². The summed E-state index contributed by atoms with van der Waals surface area (Å²) in [6.45, 7) is 4.36. The highest BCUT2D eigenvalue weighted by molar-refractivity contribution is 4.68. The Bertz CT molecular complexity index is 127. The van der Waals surface area contributed by atoms with E-state index in [4.69, 9.17) is 0 Å². The Balaban J connectivity index is 0.000001000. The molecule has 1 saturated heterocycles. The minimum Gasteiger partial charge on any atom is -1.00 e. The van der Waals surface area contributed by atoms with Gasteiger partial charge in [0.15, 0.2) is 0 Å². The lowest BCUT2D eigenvalue weighted by Crippen LogP contribution is -3.00. The van der Waals surface area contributed by atoms with Crippen molar-refractivity contribution in [3.63, 3.8) is 0 Å². The molecule has 0 aromatic carbocycles. The fourth-order valence-corrected chi connectivity index (χ4v) is 1.76. The Morgan fingerprint density at radius 1 is 1.36 bits per heavy atom. The molecular weight excluding hydrogens is 253 g/mol. The van der Waals surface area contributed by atoms with Crippen molar-refractivity contribution < 1.29 is 33.6 Å². The van der Waals surface area contributed by atoms with Crippen molar-refractivity contribution in [1.29, 1.82) is 0 Å². The molecule has 0 bridgehead atoms. The third kappa shape index (κ3) is 3.25. The maximum Gasteiger partial charge on any atom is 0.0833 e. The number of hydrogen-bond acceptors (Lipinski definition) is 1. The van der Waals surface area contributed by atoms with Gasteiger partial charge in [0.05, 0.1) is 33.3 Å². The van der Waals surface area contributed by atoms with Gasteiger partial charge in [-0.2, -0.15) is 0 Å². The molecule has 1 heterocycles. The molecule has 11 heavy (non-hydrogen) atoms. The normalized spacial score (nSPS) is 36.0. The van der Waals surface area contributed by atoms with Gasteiger partial charge >= 0.3 is 0 Å². The van der Waals surface area contributed by atoms with Crippen LogP contribution in [0.15, 0.2) is 0 Å². The van der Waals surface area contributed by atoms with E-state index >= 15 is 0 Å². The van der Waals surface area contributed by atoms with Crippen LogP contribution in [0, 0.1) is 5.92 Å². The Hall–Kier alpha value is 0.650. The lowest BCUT2D eigenvalue weighted by Gasteiger charge is -2.39. The average Bonchev–Trinajstić information content (AvgIpc) is 1.79. The summed E-state index contributed by atoms with van der Waals surface area (Å²) in [6, 6.07) is 0. The summed E-state index contributed by atoms with van der Waals surface area (Å²) in [5.74, 6) is 0.476. The number of rotatable bonds is 0. The average molecular weight is 271 g/mol. The second-order valence-corrected chi connectivity index (χ2v) is 4.18. The van der Waals surface area contributed by atoms with Crippen LogP contribution in [0.2, 0.25) is 0 Å². The molecule has 0 radical (unpaired) electrons. The van der Waals surface area contributed by atoms with Crippen molar-refractivity contribution in [2.75, 3.05) is 27.2 Å². The molecule has 1 unspecified atom stereocenters. The minimum atomic E-state index is -0.0499. The number of aliphatic hydroxyl groups excluding tert-OH is 1. The smallest absolute Gasteiger partial charge is 0.0833 e. The van der Waals surface area contributed by atoms with E-state index < -0.39 is 0 Å². The van der Waals surface area contributed by atoms with Gasteiger partial charge in [-0.05, 0) is 0 Å². The van der Waals surface area contributed by atoms with Gasteiger partial charge in [0, 0.05) is 12.3 Å². The summed E-state index contributed by atoms with van der Waals surface area (Å²) in [4.78, 5) is 0. The van der Waals surface area contributed by atoms with E-state index in [1.54, 1.807) is 0 Å². The maximum atomic E-state index is 9.40. The highest BCUT2D eigenvalue weighted by Gasteiger charge is 2.30. The Labute approximate surface area is 86.2 Å². The van der Waals surface area contributed by atoms with E-state index in [2.05, 4.69) is 21.0 Å². The number of likely N-dealkylation sites (tertiary alicyclic amines) is 1. The van der Waals surface area contributed by atoms with Gasteiger partial charge in [-0.1, -0.05) is 6.92 Å². The van der Waals surface area contributed by atoms with Gasteiger partial charge in [-0.3, -0.25) is 0 Å². The topological polar surface area (TPSA) is 20.2 Å². The highest BCUT2D eigenvalue weighted by atomic mass is 127. The van der Waals surface area contributed by atoms with Crippen LogP contribution in [0.25, 0.3) is 0 Å². The molecule has 1 aliphatic heterocycles. The minimum absolute atomic E-state index is 0. The largest absolute Gasteiger partial charge is 1.00 e. The van der Waals surface area contributed by atoms with Gasteiger partial charge in [0.1, 0.15) is 0 Å². The van der Waals surface area contributed by atoms with Gasteiger partial charge in [-0.15, -0.1) is 0 Å². The van der Waals surface area contributed by atoms with Gasteiger partial charge < -0.3 is 33.6 Å². The van der Waals surface area contributed by atoms with Crippen LogP contribution < -0.4 is 24.0 Å². The number of piperidine rings is 1. The van der Waals surface area contributed by atoms with Gasteiger partial charge in [-0.25, -0.2) is 0 Å². The molecule has 0 saturated carbocycles. The predicted molar refractivity (Wildman–Crippen MR) is 41.6 cm³/mol. The number of nitrogens with zero attached hydrogens (tertiary/aromatic N) is 1. The Morgan fingerprint density at radius 3 is 2.27 bits per heavy atom. The zero-order valence-electron chi connectivity index (χ0n) is 7.55. The van der Waals surface area contributed by atoms with Crippen molar-refractivity contribution in [3.05, 3.63) is 0 Å². The third-order valence-electron chi connectivity index (χ3n) is 2.47. The van der Waals surface area contributed by atoms with Crippen LogP contribution in [0.3, 0.4) is 0 Å². The zero-order chi connectivity index (χ0) is 7.78. The number of hydrogen-bond donors (Lipinski definition) is 1. The first kappa shape index (κ1) is 11.6. The predicted octanol–water partition coefficient (Wildman–Crippen LogP) is -2.53. The molecule has 0 spiro atoms. The van der Waals surface area contributed by atoms with E-state index in [9.17, 15) is 5.11 Å². The van der Waals surface area contributed by atoms with Crippen molar-refractivity contribution in [1.82, 2.24) is 0 Å². The zero-order valence-corrected chi connectivity index (χ0v) is 9.71. The molecule has 1 N–H and O–H groups in total. The van der Waals surface area contributed by atoms with E-state index in [1.807, 2.05) is 0 Å². The second kappa shape index (κ2) is 4.05. The molecule has 1 aliphatic rings. The first-order chi connectivity index (χ1) is 4.51. The molecule has 68 valence electrons. The summed E-state index contributed by atoms with van der Waals surface area (Å²) in [5.41, 5.74) is 0. The molecule has 0 aromatic heterocycles. The van der Waals surface area contributed by atoms with Crippen LogP contribution in [0.5, 0.6) is 0 Å². The van der Waals surface area contributed by atoms with Crippen LogP contribution in [0.4, 0.5) is 0 Å². The van der Waals surface area contributed by atoms with Gasteiger partial charge in [0.25, 0.3) is 0 Å². The number of halogens is 1. The van der Waals surface area contributed by atoms with Crippen LogP contribution in [0.1, 0.15) is 13.3 Å². The fraction of sp³-hybridized carbons (Fsp3) is 1.00. The number of quaternary nitrogens is 1. The van der Waals surface area contributed by atoms with Crippen molar-refractivity contribution in [2.24, 2.45) is 5.92 Å². The molecule has 1 fully saturated rings. The summed E-state index contributed by atoms with van der Waals surface area (Å²) in [5, 5.41) is 9.40. The first-order valence-corrected chi connectivity index (χ1v) is 4.01. The Kier molecular flexibility index (Phi) is 4.29. The quantitative estimate of drug-likeness (QED) is 0.380. The van der Waals surface area contributed by atoms with Crippen LogP contribution in [-0.4, -0.2) is 42.9 Å². The molecular formula is C8H18INO. The molecule has 0 aromatic rings. The lowest BCUT2D eigenvalue weighted by molar-refractivity contribution is -0.899. The van der Waals surface area contributed by atoms with Crippen molar-refractivity contribution in [3.8, 4) is 0 Å². The van der Waals surface area contributed by atoms with E-state index in [0.29, 0.717) is 5.92 Å². The fourth-order valence-electron chi connectivity index (χ4n) is 1.76. The highest BCUT2D eigenvalue weighted by Crippen LogP contribution is 2.19. The Morgan fingerprint density at radius 2 is 1.91 bits per heavy atom. The van der Waals surface area contributed by atoms with Crippen LogP contribution in [-0.2, 0) is 0 Å². The standard InChI is InChI=1S/C8H18NO.HI/c1-7-6-9(2,3)5-4-8(7)10;/h7-8,10H,4-6H2,1-3H3;1H/q+1;/p-1/t7?,8-;/m1./s1. The molecule has 1 rings (SSSR count). The molecule has 2 atom stereocenters. The van der Waals surface area contributed by atoms with Crippen LogP contribution >= 0.6 is 0 Å². The molecule has 0 aliphatic carbocycles. The third-order valence-corrected chi connectivity index (χ3v) is 2.47. The summed E-state index contributed by atoms with van der Waals surface area (Å²) in [6.07, 6.45) is 0.917. The van der Waals surface area contributed by atoms with Gasteiger partial charge in [0.2, 0.25) is 0 Å². The summed E-state index contributed by atoms with van der Waals surface area (Å²) >= 11 is 0. The molecule has 3 heteroatoms. The SMILES string of the molecule is CC1C[N+](C)(C)CC[C@H]1O.[I-]. The summed E-state index contributed by atoms with van der Waals surface area (Å²) in [7, 11) is 4.45. The first-order valence-electron chi connectivity index (χ1n) is 4.01. The number of aliphatic hydroxyl groups is 1. The second-order valence-electron chi connectivity index (χ2n) is 4.18. The van der Waals surface area contributed by atoms with E-state index in [1.165, 1.54) is 0 Å². The van der Waals surface area contributed by atoms with E-state index in [0.717, 1.165) is 24.0 Å². The molecule has 0 amide bonds. The van der Waals surface area contributed by atoms with Crippen molar-refractivity contribution >= 4 is 0 Å².